The molecule has 170 valence electrons. The molecule has 0 bridgehead atoms. The fourth-order valence-electron chi connectivity index (χ4n) is 3.95. The Labute approximate surface area is 188 Å². The van der Waals surface area contributed by atoms with Gasteiger partial charge in [0.2, 0.25) is 0 Å². The van der Waals surface area contributed by atoms with E-state index in [0.29, 0.717) is 24.1 Å². The van der Waals surface area contributed by atoms with Gasteiger partial charge in [-0.2, -0.15) is 0 Å². The second kappa shape index (κ2) is 9.87. The Morgan fingerprint density at radius 2 is 1.81 bits per heavy atom. The molecule has 0 saturated carbocycles. The van der Waals surface area contributed by atoms with Crippen molar-refractivity contribution in [3.8, 4) is 11.5 Å². The highest BCUT2D eigenvalue weighted by atomic mass is 16.5. The van der Waals surface area contributed by atoms with Crippen molar-refractivity contribution in [3.63, 3.8) is 0 Å². The molecule has 2 N–H and O–H groups in total. The maximum atomic E-state index is 13.0. The number of Topliss-reactive ketones (excluding diaryl/α,β-unsaturated/α-hetero) is 1. The summed E-state index contributed by atoms with van der Waals surface area (Å²) in [6.45, 7) is 3.11. The van der Waals surface area contributed by atoms with Gasteiger partial charge in [-0.3, -0.25) is 9.59 Å². The Morgan fingerprint density at radius 3 is 2.38 bits per heavy atom. The van der Waals surface area contributed by atoms with Crippen LogP contribution in [-0.4, -0.2) is 66.0 Å². The molecule has 0 spiro atoms. The molecule has 2 aromatic carbocycles. The van der Waals surface area contributed by atoms with Crippen molar-refractivity contribution in [2.75, 3.05) is 34.3 Å². The minimum Gasteiger partial charge on any atom is -0.507 e. The van der Waals surface area contributed by atoms with Gasteiger partial charge in [0, 0.05) is 12.1 Å². The van der Waals surface area contributed by atoms with E-state index < -0.39 is 17.7 Å². The Hall–Kier alpha value is -3.32. The molecule has 7 heteroatoms. The summed E-state index contributed by atoms with van der Waals surface area (Å²) in [4.78, 5) is 29.5. The predicted molar refractivity (Wildman–Crippen MR) is 123 cm³/mol. The summed E-state index contributed by atoms with van der Waals surface area (Å²) in [6.07, 6.45) is 1.51. The number of carbonyl (C=O) groups is 2. The molecule has 1 fully saturated rings. The molecule has 0 aliphatic carbocycles. The number of methoxy groups -OCH3 is 1. The standard InChI is InChI=1S/C25H30N2O5/c1-5-16-7-9-17(10-8-16)23(29)21-22(18-11-12-20(32-4)19(28)15-18)27(25(31)24(21)30)14-6-13-26(2)3/h7-12,15,22,28-29H,5-6,13-14H2,1-4H3/b23-21-. The van der Waals surface area contributed by atoms with Crippen LogP contribution in [0.5, 0.6) is 11.5 Å². The molecule has 3 rings (SSSR count). The fraction of sp³-hybridized carbons (Fsp3) is 0.360. The number of phenolic OH excluding ortho intramolecular Hbond substituents is 1. The molecule has 0 aromatic heterocycles. The lowest BCUT2D eigenvalue weighted by Crippen LogP contribution is -2.32. The van der Waals surface area contributed by atoms with E-state index in [1.807, 2.05) is 38.1 Å². The summed E-state index contributed by atoms with van der Waals surface area (Å²) < 4.78 is 5.12. The number of hydrogen-bond acceptors (Lipinski definition) is 6. The summed E-state index contributed by atoms with van der Waals surface area (Å²) in [7, 11) is 5.32. The largest absolute Gasteiger partial charge is 0.507 e. The second-order valence-electron chi connectivity index (χ2n) is 8.13. The lowest BCUT2D eigenvalue weighted by molar-refractivity contribution is -0.139. The molecule has 1 heterocycles. The van der Waals surface area contributed by atoms with Gasteiger partial charge in [0.15, 0.2) is 11.5 Å². The SMILES string of the molecule is CCc1ccc(/C(O)=C2/C(=O)C(=O)N(CCCN(C)C)C2c2ccc(OC)c(O)c2)cc1. The van der Waals surface area contributed by atoms with Crippen molar-refractivity contribution in [1.29, 1.82) is 0 Å². The zero-order valence-electron chi connectivity index (χ0n) is 19.0. The van der Waals surface area contributed by atoms with Crippen molar-refractivity contribution in [2.24, 2.45) is 0 Å². The number of rotatable bonds is 8. The highest BCUT2D eigenvalue weighted by Gasteiger charge is 2.46. The van der Waals surface area contributed by atoms with E-state index in [9.17, 15) is 19.8 Å². The Balaban J connectivity index is 2.10. The van der Waals surface area contributed by atoms with Gasteiger partial charge in [0.25, 0.3) is 11.7 Å². The monoisotopic (exact) mass is 438 g/mol. The smallest absolute Gasteiger partial charge is 0.295 e. The lowest BCUT2D eigenvalue weighted by Gasteiger charge is -2.26. The number of carbonyl (C=O) groups excluding carboxylic acids is 2. The van der Waals surface area contributed by atoms with Gasteiger partial charge in [-0.1, -0.05) is 37.3 Å². The van der Waals surface area contributed by atoms with Crippen LogP contribution in [0.3, 0.4) is 0 Å². The number of ether oxygens (including phenoxy) is 1. The zero-order chi connectivity index (χ0) is 23.4. The maximum absolute atomic E-state index is 13.0. The van der Waals surface area contributed by atoms with Crippen LogP contribution in [0.15, 0.2) is 48.0 Å². The molecule has 1 aliphatic heterocycles. The topological polar surface area (TPSA) is 90.3 Å². The number of nitrogens with zero attached hydrogens (tertiary/aromatic N) is 2. The van der Waals surface area contributed by atoms with Gasteiger partial charge in [0.05, 0.1) is 18.7 Å². The number of aliphatic hydroxyl groups excluding tert-OH is 1. The Kier molecular flexibility index (Phi) is 7.20. The third kappa shape index (κ3) is 4.62. The van der Waals surface area contributed by atoms with Crippen LogP contribution in [0.2, 0.25) is 0 Å². The van der Waals surface area contributed by atoms with Gasteiger partial charge in [-0.25, -0.2) is 0 Å². The summed E-state index contributed by atoms with van der Waals surface area (Å²) in [6, 6.07) is 11.2. The first kappa shape index (κ1) is 23.3. The minimum absolute atomic E-state index is 0.0219. The van der Waals surface area contributed by atoms with Crippen molar-refractivity contribution in [3.05, 3.63) is 64.7 Å². The minimum atomic E-state index is -0.806. The average molecular weight is 439 g/mol. The van der Waals surface area contributed by atoms with Crippen molar-refractivity contribution in [1.82, 2.24) is 9.80 Å². The summed E-state index contributed by atoms with van der Waals surface area (Å²) >= 11 is 0. The molecule has 2 aromatic rings. The molecule has 0 radical (unpaired) electrons. The first-order chi connectivity index (χ1) is 15.3. The molecule has 1 saturated heterocycles. The number of phenols is 1. The molecule has 1 amide bonds. The zero-order valence-corrected chi connectivity index (χ0v) is 19.0. The molecular formula is C25H30N2O5. The Bertz CT molecular complexity index is 1030. The van der Waals surface area contributed by atoms with Crippen LogP contribution in [0, 0.1) is 0 Å². The van der Waals surface area contributed by atoms with E-state index in [4.69, 9.17) is 4.74 Å². The van der Waals surface area contributed by atoms with Gasteiger partial charge >= 0.3 is 0 Å². The highest BCUT2D eigenvalue weighted by Crippen LogP contribution is 2.41. The van der Waals surface area contributed by atoms with Crippen molar-refractivity contribution >= 4 is 17.4 Å². The van der Waals surface area contributed by atoms with E-state index in [-0.39, 0.29) is 22.8 Å². The first-order valence-corrected chi connectivity index (χ1v) is 10.7. The van der Waals surface area contributed by atoms with E-state index in [0.717, 1.165) is 18.5 Å². The lowest BCUT2D eigenvalue weighted by atomic mass is 9.94. The normalized spacial score (nSPS) is 17.9. The molecule has 7 nitrogen and oxygen atoms in total. The van der Waals surface area contributed by atoms with E-state index in [1.165, 1.54) is 18.1 Å². The maximum Gasteiger partial charge on any atom is 0.295 e. The van der Waals surface area contributed by atoms with Gasteiger partial charge in [-0.15, -0.1) is 0 Å². The molecular weight excluding hydrogens is 408 g/mol. The molecule has 32 heavy (non-hydrogen) atoms. The van der Waals surface area contributed by atoms with E-state index in [1.54, 1.807) is 24.3 Å². The number of aryl methyl sites for hydroxylation is 1. The Morgan fingerprint density at radius 1 is 1.12 bits per heavy atom. The number of ketones is 1. The number of aliphatic hydroxyl groups is 1. The van der Waals surface area contributed by atoms with Crippen LogP contribution in [0.25, 0.3) is 5.76 Å². The fourth-order valence-corrected chi connectivity index (χ4v) is 3.95. The van der Waals surface area contributed by atoms with Crippen LogP contribution < -0.4 is 4.74 Å². The van der Waals surface area contributed by atoms with Crippen molar-refractivity contribution in [2.45, 2.75) is 25.8 Å². The number of likely N-dealkylation sites (tertiary alicyclic amines) is 1. The molecule has 1 aliphatic rings. The van der Waals surface area contributed by atoms with E-state index >= 15 is 0 Å². The number of benzene rings is 2. The number of hydrogen-bond donors (Lipinski definition) is 2. The van der Waals surface area contributed by atoms with Gasteiger partial charge in [0.1, 0.15) is 5.76 Å². The first-order valence-electron chi connectivity index (χ1n) is 10.7. The van der Waals surface area contributed by atoms with Gasteiger partial charge in [-0.05, 0) is 56.7 Å². The average Bonchev–Trinajstić information content (AvgIpc) is 3.03. The third-order valence-electron chi connectivity index (χ3n) is 5.70. The molecule has 1 unspecified atom stereocenters. The van der Waals surface area contributed by atoms with Gasteiger partial charge < -0.3 is 24.7 Å². The van der Waals surface area contributed by atoms with Crippen LogP contribution in [0.4, 0.5) is 0 Å². The summed E-state index contributed by atoms with van der Waals surface area (Å²) in [5.74, 6) is -1.42. The van der Waals surface area contributed by atoms with E-state index in [2.05, 4.69) is 0 Å². The highest BCUT2D eigenvalue weighted by molar-refractivity contribution is 6.46. The van der Waals surface area contributed by atoms with Crippen molar-refractivity contribution < 1.29 is 24.5 Å². The van der Waals surface area contributed by atoms with Crippen LogP contribution >= 0.6 is 0 Å². The van der Waals surface area contributed by atoms with Crippen LogP contribution in [-0.2, 0) is 16.0 Å². The number of amides is 1. The number of aromatic hydroxyl groups is 1. The summed E-state index contributed by atoms with van der Waals surface area (Å²) in [5, 5.41) is 21.4. The quantitative estimate of drug-likeness (QED) is 0.373. The third-order valence-corrected chi connectivity index (χ3v) is 5.70. The van der Waals surface area contributed by atoms with Crippen LogP contribution in [0.1, 0.15) is 36.1 Å². The molecule has 1 atom stereocenters. The summed E-state index contributed by atoms with van der Waals surface area (Å²) in [5.41, 5.74) is 2.12. The second-order valence-corrected chi connectivity index (χ2v) is 8.13. The predicted octanol–water partition coefficient (Wildman–Crippen LogP) is 3.34.